The first kappa shape index (κ1) is 24.1. The minimum Gasteiger partial charge on any atom is -0.368 e. The Morgan fingerprint density at radius 2 is 1.58 bits per heavy atom. The number of nitrogens with zero attached hydrogens (tertiary/aromatic N) is 4. The number of hydrogen-bond donors (Lipinski definition) is 0. The number of hydrogen-bond acceptors (Lipinski definition) is 5. The second kappa shape index (κ2) is 11.0. The zero-order valence-corrected chi connectivity index (χ0v) is 21.3. The molecule has 5 rings (SSSR count). The Hall–Kier alpha value is -3.58. The van der Waals surface area contributed by atoms with Crippen molar-refractivity contribution in [2.75, 3.05) is 31.1 Å². The lowest BCUT2D eigenvalue weighted by Crippen LogP contribution is -2.49. The lowest BCUT2D eigenvalue weighted by Gasteiger charge is -2.36. The van der Waals surface area contributed by atoms with Crippen LogP contribution in [-0.4, -0.2) is 46.5 Å². The first-order valence-electron chi connectivity index (χ1n) is 12.3. The van der Waals surface area contributed by atoms with Gasteiger partial charge in [-0.25, -0.2) is 4.98 Å². The Labute approximate surface area is 215 Å². The number of carbonyl (C=O) groups excluding carboxylic acids is 1. The largest absolute Gasteiger partial charge is 0.368 e. The zero-order valence-electron chi connectivity index (χ0n) is 20.5. The van der Waals surface area contributed by atoms with Gasteiger partial charge in [0.25, 0.3) is 5.56 Å². The van der Waals surface area contributed by atoms with E-state index in [4.69, 9.17) is 4.98 Å². The van der Waals surface area contributed by atoms with Crippen LogP contribution in [-0.2, 0) is 17.1 Å². The predicted molar refractivity (Wildman–Crippen MR) is 147 cm³/mol. The maximum atomic E-state index is 13.4. The lowest BCUT2D eigenvalue weighted by atomic mass is 10.1. The van der Waals surface area contributed by atoms with Gasteiger partial charge in [0, 0.05) is 50.6 Å². The van der Waals surface area contributed by atoms with E-state index in [1.54, 1.807) is 16.3 Å². The third kappa shape index (κ3) is 5.31. The van der Waals surface area contributed by atoms with E-state index in [1.165, 1.54) is 16.8 Å². The van der Waals surface area contributed by atoms with Gasteiger partial charge in [-0.2, -0.15) is 0 Å². The van der Waals surface area contributed by atoms with E-state index >= 15 is 0 Å². The van der Waals surface area contributed by atoms with E-state index in [9.17, 15) is 9.59 Å². The van der Waals surface area contributed by atoms with E-state index in [1.807, 2.05) is 59.5 Å². The zero-order chi connectivity index (χ0) is 24.9. The summed E-state index contributed by atoms with van der Waals surface area (Å²) in [7, 11) is 0. The van der Waals surface area contributed by atoms with Gasteiger partial charge >= 0.3 is 0 Å². The smallest absolute Gasteiger partial charge is 0.262 e. The summed E-state index contributed by atoms with van der Waals surface area (Å²) in [6.45, 7) is 5.41. The van der Waals surface area contributed by atoms with Crippen LogP contribution in [0.1, 0.15) is 17.5 Å². The second-order valence-electron chi connectivity index (χ2n) is 9.04. The van der Waals surface area contributed by atoms with Crippen molar-refractivity contribution >= 4 is 34.3 Å². The average molecular weight is 499 g/mol. The van der Waals surface area contributed by atoms with Crippen molar-refractivity contribution in [2.24, 2.45) is 0 Å². The number of amides is 1. The monoisotopic (exact) mass is 498 g/mol. The Kier molecular flexibility index (Phi) is 7.37. The highest BCUT2D eigenvalue weighted by Crippen LogP contribution is 2.24. The molecule has 1 fully saturated rings. The molecule has 0 bridgehead atoms. The highest BCUT2D eigenvalue weighted by molar-refractivity contribution is 7.98. The summed E-state index contributed by atoms with van der Waals surface area (Å²) in [5.41, 5.74) is 4.21. The highest BCUT2D eigenvalue weighted by atomic mass is 32.2. The molecule has 1 aliphatic rings. The Morgan fingerprint density at radius 3 is 2.36 bits per heavy atom. The van der Waals surface area contributed by atoms with Crippen LogP contribution in [0.2, 0.25) is 0 Å². The summed E-state index contributed by atoms with van der Waals surface area (Å²) in [5.74, 6) is 0.796. The van der Waals surface area contributed by atoms with Crippen LogP contribution in [0.4, 0.5) is 5.69 Å². The lowest BCUT2D eigenvalue weighted by molar-refractivity contribution is -0.131. The molecule has 3 aromatic carbocycles. The fraction of sp³-hybridized carbons (Fsp3) is 0.276. The van der Waals surface area contributed by atoms with Crippen LogP contribution in [0.15, 0.2) is 88.8 Å². The molecule has 0 atom stereocenters. The van der Waals surface area contributed by atoms with Crippen LogP contribution in [0.5, 0.6) is 0 Å². The number of para-hydroxylation sites is 2. The quantitative estimate of drug-likeness (QED) is 0.272. The van der Waals surface area contributed by atoms with Crippen molar-refractivity contribution < 1.29 is 4.79 Å². The van der Waals surface area contributed by atoms with Gasteiger partial charge in [0.2, 0.25) is 5.91 Å². The van der Waals surface area contributed by atoms with Crippen molar-refractivity contribution in [3.8, 4) is 0 Å². The van der Waals surface area contributed by atoms with E-state index < -0.39 is 0 Å². The molecule has 1 amide bonds. The molecule has 184 valence electrons. The SMILES string of the molecule is Cc1ccccc1CSc1nc2ccccc2c(=O)n1CCC(=O)N1CCN(c2ccccc2)CC1. The van der Waals surface area contributed by atoms with Crippen molar-refractivity contribution in [2.45, 2.75) is 30.8 Å². The third-order valence-corrected chi connectivity index (χ3v) is 7.77. The highest BCUT2D eigenvalue weighted by Gasteiger charge is 2.22. The number of fused-ring (bicyclic) bond motifs is 1. The van der Waals surface area contributed by atoms with Crippen LogP contribution in [0.25, 0.3) is 10.9 Å². The van der Waals surface area contributed by atoms with Gasteiger partial charge < -0.3 is 9.80 Å². The van der Waals surface area contributed by atoms with Gasteiger partial charge in [0.15, 0.2) is 5.16 Å². The molecular formula is C29H30N4O2S. The fourth-order valence-corrected chi connectivity index (χ4v) is 5.69. The molecule has 0 unspecified atom stereocenters. The molecule has 4 aromatic rings. The summed E-state index contributed by atoms with van der Waals surface area (Å²) in [6.07, 6.45) is 0.281. The summed E-state index contributed by atoms with van der Waals surface area (Å²) in [6, 6.07) is 26.0. The van der Waals surface area contributed by atoms with E-state index in [0.29, 0.717) is 41.4 Å². The molecule has 1 aromatic heterocycles. The molecule has 1 aliphatic heterocycles. The number of carbonyl (C=O) groups is 1. The van der Waals surface area contributed by atoms with Gasteiger partial charge in [0.05, 0.1) is 10.9 Å². The summed E-state index contributed by atoms with van der Waals surface area (Å²) >= 11 is 1.55. The Morgan fingerprint density at radius 1 is 0.889 bits per heavy atom. The van der Waals surface area contributed by atoms with Crippen molar-refractivity contribution in [1.29, 1.82) is 0 Å². The van der Waals surface area contributed by atoms with Gasteiger partial charge in [-0.05, 0) is 42.3 Å². The molecule has 0 saturated carbocycles. The molecular weight excluding hydrogens is 468 g/mol. The summed E-state index contributed by atoms with van der Waals surface area (Å²) in [4.78, 5) is 35.5. The third-order valence-electron chi connectivity index (χ3n) is 6.75. The molecule has 0 aliphatic carbocycles. The van der Waals surface area contributed by atoms with Crippen molar-refractivity contribution in [1.82, 2.24) is 14.5 Å². The first-order valence-corrected chi connectivity index (χ1v) is 13.3. The van der Waals surface area contributed by atoms with E-state index in [2.05, 4.69) is 36.1 Å². The molecule has 0 N–H and O–H groups in total. The van der Waals surface area contributed by atoms with E-state index in [0.717, 1.165) is 13.1 Å². The van der Waals surface area contributed by atoms with E-state index in [-0.39, 0.29) is 17.9 Å². The standard InChI is InChI=1S/C29H30N4O2S/c1-22-9-5-6-10-23(22)21-36-29-30-26-14-8-7-13-25(26)28(35)33(29)16-15-27(34)32-19-17-31(18-20-32)24-11-3-2-4-12-24/h2-14H,15-21H2,1H3. The normalized spacial score (nSPS) is 13.8. The molecule has 0 radical (unpaired) electrons. The predicted octanol–water partition coefficient (Wildman–Crippen LogP) is 4.74. The number of thioether (sulfide) groups is 1. The number of benzene rings is 3. The Balaban J connectivity index is 1.30. The number of anilines is 1. The van der Waals surface area contributed by atoms with Gasteiger partial charge in [-0.1, -0.05) is 66.4 Å². The maximum Gasteiger partial charge on any atom is 0.262 e. The second-order valence-corrected chi connectivity index (χ2v) is 9.98. The first-order chi connectivity index (χ1) is 17.6. The average Bonchev–Trinajstić information content (AvgIpc) is 2.93. The Bertz CT molecular complexity index is 1410. The van der Waals surface area contributed by atoms with Crippen molar-refractivity contribution in [3.05, 3.63) is 100 Å². The van der Waals surface area contributed by atoms with Crippen LogP contribution >= 0.6 is 11.8 Å². The van der Waals surface area contributed by atoms with Crippen molar-refractivity contribution in [3.63, 3.8) is 0 Å². The fourth-order valence-electron chi connectivity index (χ4n) is 4.59. The maximum absolute atomic E-state index is 13.4. The van der Waals surface area contributed by atoms with Gasteiger partial charge in [0.1, 0.15) is 0 Å². The molecule has 1 saturated heterocycles. The molecule has 7 heteroatoms. The van der Waals surface area contributed by atoms with Gasteiger partial charge in [-0.3, -0.25) is 14.2 Å². The topological polar surface area (TPSA) is 58.4 Å². The molecule has 0 spiro atoms. The molecule has 2 heterocycles. The number of aromatic nitrogens is 2. The van der Waals surface area contributed by atoms with Gasteiger partial charge in [-0.15, -0.1) is 0 Å². The van der Waals surface area contributed by atoms with Crippen LogP contribution in [0, 0.1) is 6.92 Å². The molecule has 6 nitrogen and oxygen atoms in total. The summed E-state index contributed by atoms with van der Waals surface area (Å²) < 4.78 is 1.68. The molecule has 36 heavy (non-hydrogen) atoms. The number of piperazine rings is 1. The van der Waals surface area contributed by atoms with Crippen LogP contribution in [0.3, 0.4) is 0 Å². The summed E-state index contributed by atoms with van der Waals surface area (Å²) in [5, 5.41) is 1.24. The minimum absolute atomic E-state index is 0.0811. The minimum atomic E-state index is -0.0884. The van der Waals surface area contributed by atoms with Crippen LogP contribution < -0.4 is 10.5 Å². The number of rotatable bonds is 7. The number of aryl methyl sites for hydroxylation is 1.